The fourth-order valence-electron chi connectivity index (χ4n) is 6.67. The minimum absolute atomic E-state index is 0.0173. The Morgan fingerprint density at radius 2 is 1.23 bits per heavy atom. The van der Waals surface area contributed by atoms with Crippen molar-refractivity contribution in [2.24, 2.45) is 34.5 Å². The Morgan fingerprint density at radius 3 is 1.64 bits per heavy atom. The molecule has 39 heavy (non-hydrogen) atoms. The first-order valence-corrected chi connectivity index (χ1v) is 15.2. The van der Waals surface area contributed by atoms with Crippen LogP contribution in [0.5, 0.6) is 0 Å². The highest BCUT2D eigenvalue weighted by molar-refractivity contribution is 5.99. The highest BCUT2D eigenvalue weighted by Crippen LogP contribution is 2.43. The number of rotatable bonds is 8. The molecular formula is C33H53N3O3. The Balaban J connectivity index is 1.80. The Bertz CT molecular complexity index is 1000. The number of carbonyl (C=O) groups excluding carboxylic acids is 3. The van der Waals surface area contributed by atoms with Crippen LogP contribution in [-0.4, -0.2) is 18.2 Å². The first-order chi connectivity index (χ1) is 18.2. The van der Waals surface area contributed by atoms with Gasteiger partial charge in [0.1, 0.15) is 0 Å². The van der Waals surface area contributed by atoms with Gasteiger partial charge in [0.05, 0.1) is 0 Å². The molecule has 0 bridgehead atoms. The average Bonchev–Trinajstić information content (AvgIpc) is 2.87. The van der Waals surface area contributed by atoms with Gasteiger partial charge in [0, 0.05) is 34.5 Å². The first kappa shape index (κ1) is 31.2. The standard InChI is InChI=1S/C33H53N3O3/c1-9-21(2)29-27(34-20-37)18-26(35-30(38)22-10-14-24(15-11-22)32(3,4)5)19-28(29)36-31(39)23-12-16-25(17-13-23)33(6,7)8/h18-25H,9-17H2,1-8H3,(H,34,37)(H,35,38)(H,36,39)/t21?,22-,23-,24+,25+. The molecule has 218 valence electrons. The first-order valence-electron chi connectivity index (χ1n) is 15.2. The Labute approximate surface area is 236 Å². The van der Waals surface area contributed by atoms with E-state index >= 15 is 0 Å². The van der Waals surface area contributed by atoms with Crippen LogP contribution in [0.4, 0.5) is 17.1 Å². The van der Waals surface area contributed by atoms with Gasteiger partial charge in [-0.05, 0) is 98.5 Å². The molecule has 3 N–H and O–H groups in total. The molecule has 1 unspecified atom stereocenters. The quantitative estimate of drug-likeness (QED) is 0.290. The second kappa shape index (κ2) is 12.9. The number of carbonyl (C=O) groups is 3. The number of anilines is 3. The number of nitrogens with one attached hydrogen (secondary N) is 3. The summed E-state index contributed by atoms with van der Waals surface area (Å²) in [7, 11) is 0. The van der Waals surface area contributed by atoms with E-state index in [1.807, 2.05) is 12.1 Å². The summed E-state index contributed by atoms with van der Waals surface area (Å²) in [5, 5.41) is 9.17. The lowest BCUT2D eigenvalue weighted by molar-refractivity contribution is -0.122. The minimum atomic E-state index is -0.0212. The predicted molar refractivity (Wildman–Crippen MR) is 162 cm³/mol. The molecule has 0 radical (unpaired) electrons. The van der Waals surface area contributed by atoms with Crippen molar-refractivity contribution in [3.63, 3.8) is 0 Å². The van der Waals surface area contributed by atoms with E-state index in [2.05, 4.69) is 71.3 Å². The third kappa shape index (κ3) is 8.08. The van der Waals surface area contributed by atoms with Gasteiger partial charge < -0.3 is 16.0 Å². The Morgan fingerprint density at radius 1 is 0.795 bits per heavy atom. The summed E-state index contributed by atoms with van der Waals surface area (Å²) in [6.45, 7) is 17.9. The van der Waals surface area contributed by atoms with Crippen molar-refractivity contribution in [3.05, 3.63) is 17.7 Å². The van der Waals surface area contributed by atoms with Crippen LogP contribution in [0.25, 0.3) is 0 Å². The van der Waals surface area contributed by atoms with E-state index in [0.29, 0.717) is 35.3 Å². The van der Waals surface area contributed by atoms with Crippen molar-refractivity contribution in [1.82, 2.24) is 0 Å². The molecule has 2 aliphatic rings. The molecule has 1 aromatic carbocycles. The summed E-state index contributed by atoms with van der Waals surface area (Å²) in [5.41, 5.74) is 3.37. The number of benzene rings is 1. The summed E-state index contributed by atoms with van der Waals surface area (Å²) in [4.78, 5) is 38.3. The zero-order valence-electron chi connectivity index (χ0n) is 25.7. The third-order valence-electron chi connectivity index (χ3n) is 9.67. The van der Waals surface area contributed by atoms with Crippen LogP contribution in [0.2, 0.25) is 0 Å². The fraction of sp³-hybridized carbons (Fsp3) is 0.727. The Hall–Kier alpha value is -2.37. The number of amides is 3. The van der Waals surface area contributed by atoms with Gasteiger partial charge in [-0.15, -0.1) is 0 Å². The molecule has 2 aliphatic carbocycles. The van der Waals surface area contributed by atoms with Crippen molar-refractivity contribution in [2.75, 3.05) is 16.0 Å². The maximum atomic E-state index is 13.5. The Kier molecular flexibility index (Phi) is 10.3. The molecule has 3 rings (SSSR count). The SMILES string of the molecule is CCC(C)c1c(NC=O)cc(NC(=O)[C@H]2CC[C@@H](C(C)(C)C)CC2)cc1NC(=O)[C@H]1CC[C@@H](C(C)(C)C)CC1. The maximum absolute atomic E-state index is 13.5. The molecule has 3 amide bonds. The van der Waals surface area contributed by atoms with Crippen LogP contribution in [0, 0.1) is 34.5 Å². The van der Waals surface area contributed by atoms with E-state index in [0.717, 1.165) is 63.4 Å². The van der Waals surface area contributed by atoms with Crippen LogP contribution < -0.4 is 16.0 Å². The van der Waals surface area contributed by atoms with Crippen molar-refractivity contribution < 1.29 is 14.4 Å². The van der Waals surface area contributed by atoms with Gasteiger partial charge in [0.2, 0.25) is 18.2 Å². The molecule has 2 fully saturated rings. The highest BCUT2D eigenvalue weighted by atomic mass is 16.2. The summed E-state index contributed by atoms with van der Waals surface area (Å²) < 4.78 is 0. The van der Waals surface area contributed by atoms with E-state index in [4.69, 9.17) is 0 Å². The normalized spacial score (nSPS) is 24.9. The molecule has 2 saturated carbocycles. The molecule has 0 spiro atoms. The van der Waals surface area contributed by atoms with Crippen molar-refractivity contribution >= 4 is 35.3 Å². The topological polar surface area (TPSA) is 87.3 Å². The monoisotopic (exact) mass is 539 g/mol. The van der Waals surface area contributed by atoms with Gasteiger partial charge in [0.25, 0.3) is 0 Å². The zero-order chi connectivity index (χ0) is 29.0. The van der Waals surface area contributed by atoms with Crippen molar-refractivity contribution in [3.8, 4) is 0 Å². The van der Waals surface area contributed by atoms with E-state index in [-0.39, 0.29) is 40.4 Å². The summed E-state index contributed by atoms with van der Waals surface area (Å²) >= 11 is 0. The van der Waals surface area contributed by atoms with Crippen LogP contribution in [0.1, 0.15) is 125 Å². The predicted octanol–water partition coefficient (Wildman–Crippen LogP) is 8.35. The second-order valence-corrected chi connectivity index (χ2v) is 14.4. The molecule has 6 nitrogen and oxygen atoms in total. The van der Waals surface area contributed by atoms with Gasteiger partial charge >= 0.3 is 0 Å². The van der Waals surface area contributed by atoms with E-state index in [1.54, 1.807) is 0 Å². The molecule has 6 heteroatoms. The van der Waals surface area contributed by atoms with Crippen molar-refractivity contribution in [1.29, 1.82) is 0 Å². The maximum Gasteiger partial charge on any atom is 0.227 e. The number of hydrogen-bond acceptors (Lipinski definition) is 3. The summed E-state index contributed by atoms with van der Waals surface area (Å²) in [6, 6.07) is 3.72. The van der Waals surface area contributed by atoms with Gasteiger partial charge in [-0.2, -0.15) is 0 Å². The zero-order valence-corrected chi connectivity index (χ0v) is 25.7. The molecule has 1 atom stereocenters. The van der Waals surface area contributed by atoms with Gasteiger partial charge in [-0.3, -0.25) is 14.4 Å². The lowest BCUT2D eigenvalue weighted by Gasteiger charge is -2.36. The van der Waals surface area contributed by atoms with Gasteiger partial charge in [0.15, 0.2) is 0 Å². The van der Waals surface area contributed by atoms with Gasteiger partial charge in [-0.25, -0.2) is 0 Å². The molecule has 0 heterocycles. The third-order valence-corrected chi connectivity index (χ3v) is 9.67. The van der Waals surface area contributed by atoms with E-state index in [1.165, 1.54) is 0 Å². The molecular weight excluding hydrogens is 486 g/mol. The lowest BCUT2D eigenvalue weighted by Crippen LogP contribution is -2.32. The number of hydrogen-bond donors (Lipinski definition) is 3. The second-order valence-electron chi connectivity index (χ2n) is 14.4. The summed E-state index contributed by atoms with van der Waals surface area (Å²) in [5.74, 6) is 1.42. The fourth-order valence-corrected chi connectivity index (χ4v) is 6.67. The van der Waals surface area contributed by atoms with E-state index in [9.17, 15) is 14.4 Å². The molecule has 0 aliphatic heterocycles. The van der Waals surface area contributed by atoms with E-state index < -0.39 is 0 Å². The largest absolute Gasteiger partial charge is 0.328 e. The molecule has 0 aromatic heterocycles. The highest BCUT2D eigenvalue weighted by Gasteiger charge is 2.34. The molecule has 0 saturated heterocycles. The van der Waals surface area contributed by atoms with Crippen LogP contribution >= 0.6 is 0 Å². The minimum Gasteiger partial charge on any atom is -0.328 e. The smallest absolute Gasteiger partial charge is 0.227 e. The van der Waals surface area contributed by atoms with Crippen molar-refractivity contribution in [2.45, 2.75) is 119 Å². The van der Waals surface area contributed by atoms with Crippen LogP contribution in [-0.2, 0) is 14.4 Å². The molecule has 1 aromatic rings. The summed E-state index contributed by atoms with van der Waals surface area (Å²) in [6.07, 6.45) is 9.32. The average molecular weight is 540 g/mol. The van der Waals surface area contributed by atoms with Crippen LogP contribution in [0.15, 0.2) is 12.1 Å². The lowest BCUT2D eigenvalue weighted by atomic mass is 9.69. The van der Waals surface area contributed by atoms with Crippen LogP contribution in [0.3, 0.4) is 0 Å². The van der Waals surface area contributed by atoms with Gasteiger partial charge in [-0.1, -0.05) is 55.4 Å².